The third kappa shape index (κ3) is 3.76. The van der Waals surface area contributed by atoms with Crippen molar-refractivity contribution in [3.63, 3.8) is 0 Å². The predicted octanol–water partition coefficient (Wildman–Crippen LogP) is 1.63. The first kappa shape index (κ1) is 9.24. The van der Waals surface area contributed by atoms with Crippen LogP contribution in [0.15, 0.2) is 12.7 Å². The molecule has 9 heavy (non-hydrogen) atoms. The molecule has 54 valence electrons. The maximum Gasteiger partial charge on any atom is 0.0829 e. The number of allylic oxidation sites excluding steroid dienone is 1. The third-order valence-corrected chi connectivity index (χ3v) is 4.03. The fourth-order valence-electron chi connectivity index (χ4n) is 0.503. The van der Waals surface area contributed by atoms with Crippen LogP contribution in [0.5, 0.6) is 0 Å². The molecule has 0 aromatic heterocycles. The van der Waals surface area contributed by atoms with E-state index in [1.165, 1.54) is 0 Å². The Morgan fingerprint density at radius 2 is 2.44 bits per heavy atom. The topological polar surface area (TPSA) is 17.1 Å². The van der Waals surface area contributed by atoms with Gasteiger partial charge in [-0.25, -0.2) is 0 Å². The minimum Gasteiger partial charge on any atom is -0.259 e. The van der Waals surface area contributed by atoms with E-state index in [4.69, 9.17) is 0 Å². The monoisotopic (exact) mass is 164 g/mol. The zero-order chi connectivity index (χ0) is 7.28. The molecule has 1 nitrogen and oxygen atoms in total. The zero-order valence-corrected chi connectivity index (χ0v) is 7.43. The van der Waals surface area contributed by atoms with Gasteiger partial charge in [0, 0.05) is 17.1 Å². The van der Waals surface area contributed by atoms with Gasteiger partial charge in [-0.05, 0) is 12.7 Å². The van der Waals surface area contributed by atoms with Gasteiger partial charge in [-0.3, -0.25) is 4.21 Å². The van der Waals surface area contributed by atoms with E-state index in [0.717, 1.165) is 6.42 Å². The Hall–Kier alpha value is 0.240. The van der Waals surface area contributed by atoms with Crippen molar-refractivity contribution in [3.05, 3.63) is 12.7 Å². The van der Waals surface area contributed by atoms with Gasteiger partial charge in [0.25, 0.3) is 0 Å². The van der Waals surface area contributed by atoms with E-state index in [1.807, 2.05) is 12.3 Å². The summed E-state index contributed by atoms with van der Waals surface area (Å²) < 4.78 is 11.0. The lowest BCUT2D eigenvalue weighted by atomic mass is 10.5. The van der Waals surface area contributed by atoms with Crippen molar-refractivity contribution in [2.24, 2.45) is 0 Å². The van der Waals surface area contributed by atoms with Crippen LogP contribution in [0.25, 0.3) is 0 Å². The maximum absolute atomic E-state index is 10.8. The Kier molecular flexibility index (Phi) is 5.19. The molecule has 0 aliphatic rings. The standard InChI is InChI=1S/C6H12OS2/c1-4-5-6(8-2)9(3)7/h4,6H,1,5H2,2-3H3. The van der Waals surface area contributed by atoms with E-state index < -0.39 is 10.8 Å². The van der Waals surface area contributed by atoms with Crippen molar-refractivity contribution >= 4 is 22.6 Å². The summed E-state index contributed by atoms with van der Waals surface area (Å²) in [4.78, 5) is 0. The fourth-order valence-corrected chi connectivity index (χ4v) is 2.32. The minimum atomic E-state index is -0.712. The van der Waals surface area contributed by atoms with E-state index in [1.54, 1.807) is 18.0 Å². The van der Waals surface area contributed by atoms with Crippen LogP contribution in [0, 0.1) is 0 Å². The van der Waals surface area contributed by atoms with Crippen LogP contribution in [0.4, 0.5) is 0 Å². The van der Waals surface area contributed by atoms with E-state index in [-0.39, 0.29) is 4.58 Å². The summed E-state index contributed by atoms with van der Waals surface area (Å²) >= 11 is 1.63. The van der Waals surface area contributed by atoms with Gasteiger partial charge in [-0.2, -0.15) is 0 Å². The zero-order valence-electron chi connectivity index (χ0n) is 5.79. The lowest BCUT2D eigenvalue weighted by molar-refractivity contribution is 0.684. The molecule has 3 heteroatoms. The molecule has 0 spiro atoms. The number of hydrogen-bond donors (Lipinski definition) is 0. The summed E-state index contributed by atoms with van der Waals surface area (Å²) in [6.45, 7) is 3.58. The van der Waals surface area contributed by atoms with E-state index in [2.05, 4.69) is 6.58 Å². The molecule has 0 amide bonds. The smallest absolute Gasteiger partial charge is 0.0829 e. The Morgan fingerprint density at radius 3 is 2.56 bits per heavy atom. The Balaban J connectivity index is 3.67. The van der Waals surface area contributed by atoms with Crippen LogP contribution >= 0.6 is 11.8 Å². The Bertz CT molecular complexity index is 112. The molecule has 0 bridgehead atoms. The highest BCUT2D eigenvalue weighted by atomic mass is 32.2. The van der Waals surface area contributed by atoms with Crippen molar-refractivity contribution in [1.29, 1.82) is 0 Å². The average molecular weight is 164 g/mol. The molecule has 0 N–H and O–H groups in total. The van der Waals surface area contributed by atoms with Gasteiger partial charge in [0.05, 0.1) is 4.58 Å². The van der Waals surface area contributed by atoms with Crippen LogP contribution in [0.2, 0.25) is 0 Å². The molecular weight excluding hydrogens is 152 g/mol. The van der Waals surface area contributed by atoms with Gasteiger partial charge in [0.15, 0.2) is 0 Å². The fraction of sp³-hybridized carbons (Fsp3) is 0.667. The summed E-state index contributed by atoms with van der Waals surface area (Å²) in [6, 6.07) is 0. The molecule has 0 aromatic carbocycles. The molecular formula is C6H12OS2. The quantitative estimate of drug-likeness (QED) is 0.587. The Labute approximate surface area is 63.4 Å². The summed E-state index contributed by atoms with van der Waals surface area (Å²) in [5, 5.41) is 0. The minimum absolute atomic E-state index is 0.238. The van der Waals surface area contributed by atoms with Gasteiger partial charge >= 0.3 is 0 Å². The van der Waals surface area contributed by atoms with Crippen molar-refractivity contribution in [3.8, 4) is 0 Å². The molecule has 0 aliphatic heterocycles. The van der Waals surface area contributed by atoms with Crippen LogP contribution in [-0.2, 0) is 10.8 Å². The summed E-state index contributed by atoms with van der Waals surface area (Å²) in [7, 11) is -0.712. The Morgan fingerprint density at radius 1 is 1.89 bits per heavy atom. The number of thioether (sulfide) groups is 1. The molecule has 2 atom stereocenters. The summed E-state index contributed by atoms with van der Waals surface area (Å²) in [5.41, 5.74) is 0. The van der Waals surface area contributed by atoms with Gasteiger partial charge in [0.1, 0.15) is 0 Å². The van der Waals surface area contributed by atoms with Crippen molar-refractivity contribution in [1.82, 2.24) is 0 Å². The van der Waals surface area contributed by atoms with Crippen molar-refractivity contribution in [2.75, 3.05) is 12.5 Å². The van der Waals surface area contributed by atoms with Gasteiger partial charge in [-0.15, -0.1) is 18.3 Å². The third-order valence-electron chi connectivity index (χ3n) is 0.992. The van der Waals surface area contributed by atoms with Crippen LogP contribution in [0.3, 0.4) is 0 Å². The second-order valence-electron chi connectivity index (χ2n) is 1.69. The highest BCUT2D eigenvalue weighted by Crippen LogP contribution is 2.13. The SMILES string of the molecule is C=CCC(SC)S(C)=O. The first-order valence-electron chi connectivity index (χ1n) is 2.68. The molecule has 0 saturated heterocycles. The van der Waals surface area contributed by atoms with Gasteiger partial charge in [-0.1, -0.05) is 6.08 Å². The number of hydrogen-bond acceptors (Lipinski definition) is 2. The van der Waals surface area contributed by atoms with Crippen LogP contribution < -0.4 is 0 Å². The van der Waals surface area contributed by atoms with Gasteiger partial charge in [0.2, 0.25) is 0 Å². The average Bonchev–Trinajstić information content (AvgIpc) is 1.82. The molecule has 0 radical (unpaired) electrons. The number of rotatable bonds is 4. The predicted molar refractivity (Wildman–Crippen MR) is 46.2 cm³/mol. The second-order valence-corrected chi connectivity index (χ2v) is 4.59. The molecule has 0 fully saturated rings. The highest BCUT2D eigenvalue weighted by molar-refractivity contribution is 8.10. The summed E-state index contributed by atoms with van der Waals surface area (Å²) in [6.07, 6.45) is 6.34. The van der Waals surface area contributed by atoms with E-state index in [0.29, 0.717) is 0 Å². The van der Waals surface area contributed by atoms with Crippen molar-refractivity contribution in [2.45, 2.75) is 11.0 Å². The molecule has 0 rings (SSSR count). The van der Waals surface area contributed by atoms with Crippen LogP contribution in [-0.4, -0.2) is 21.3 Å². The molecule has 2 unspecified atom stereocenters. The van der Waals surface area contributed by atoms with E-state index >= 15 is 0 Å². The second kappa shape index (κ2) is 5.06. The van der Waals surface area contributed by atoms with Crippen molar-refractivity contribution < 1.29 is 4.21 Å². The maximum atomic E-state index is 10.8. The lowest BCUT2D eigenvalue weighted by Crippen LogP contribution is -2.06. The normalized spacial score (nSPS) is 16.7. The van der Waals surface area contributed by atoms with E-state index in [9.17, 15) is 4.21 Å². The highest BCUT2D eigenvalue weighted by Gasteiger charge is 2.06. The lowest BCUT2D eigenvalue weighted by Gasteiger charge is -2.06. The first-order valence-corrected chi connectivity index (χ1v) is 5.59. The largest absolute Gasteiger partial charge is 0.259 e. The molecule has 0 aliphatic carbocycles. The summed E-state index contributed by atoms with van der Waals surface area (Å²) in [5.74, 6) is 0. The van der Waals surface area contributed by atoms with Gasteiger partial charge < -0.3 is 0 Å². The molecule has 0 saturated carbocycles. The van der Waals surface area contributed by atoms with Crippen LogP contribution in [0.1, 0.15) is 6.42 Å². The molecule has 0 heterocycles. The molecule has 0 aromatic rings. The first-order chi connectivity index (χ1) is 4.22.